The minimum atomic E-state index is -0.870. The van der Waals surface area contributed by atoms with E-state index in [1.165, 1.54) is 11.3 Å². The second-order valence-corrected chi connectivity index (χ2v) is 6.88. The molecule has 0 saturated carbocycles. The number of nitrogens with zero attached hydrogens (tertiary/aromatic N) is 1. The number of benzene rings is 2. The van der Waals surface area contributed by atoms with Gasteiger partial charge in [-0.25, -0.2) is 4.98 Å². The van der Waals surface area contributed by atoms with E-state index in [0.29, 0.717) is 15.8 Å². The van der Waals surface area contributed by atoms with Gasteiger partial charge in [0.25, 0.3) is 0 Å². The van der Waals surface area contributed by atoms with E-state index in [-0.39, 0.29) is 6.42 Å². The van der Waals surface area contributed by atoms with Crippen LogP contribution >= 0.6 is 22.9 Å². The van der Waals surface area contributed by atoms with Gasteiger partial charge < -0.3 is 10.4 Å². The normalized spacial score (nSPS) is 10.6. The third-order valence-electron chi connectivity index (χ3n) is 3.43. The first kappa shape index (κ1) is 16.5. The van der Waals surface area contributed by atoms with Crippen LogP contribution in [0.15, 0.2) is 48.5 Å². The quantitative estimate of drug-likeness (QED) is 0.662. The topological polar surface area (TPSA) is 62.2 Å². The number of aliphatic carboxylic acids is 1. The second kappa shape index (κ2) is 7.03. The summed E-state index contributed by atoms with van der Waals surface area (Å²) in [5.74, 6) is -0.870. The van der Waals surface area contributed by atoms with Crippen molar-refractivity contribution in [2.75, 3.05) is 5.32 Å². The molecule has 0 unspecified atom stereocenters. The number of aryl methyl sites for hydroxylation is 1. The highest BCUT2D eigenvalue weighted by molar-refractivity contribution is 7.16. The summed E-state index contributed by atoms with van der Waals surface area (Å²) in [6, 6.07) is 15.2. The molecule has 0 saturated heterocycles. The van der Waals surface area contributed by atoms with Gasteiger partial charge in [-0.1, -0.05) is 41.4 Å². The number of carboxylic acid groups (broad SMARTS) is 1. The number of carbonyl (C=O) groups is 1. The fraction of sp³-hybridized carbons (Fsp3) is 0.111. The number of thiazole rings is 1. The Kier molecular flexibility index (Phi) is 4.83. The molecule has 0 aliphatic rings. The van der Waals surface area contributed by atoms with Crippen molar-refractivity contribution in [3.05, 3.63) is 64.0 Å². The molecule has 0 aliphatic heterocycles. The summed E-state index contributed by atoms with van der Waals surface area (Å²) in [6.07, 6.45) is -0.0524. The zero-order valence-electron chi connectivity index (χ0n) is 12.9. The fourth-order valence-electron chi connectivity index (χ4n) is 2.26. The second-order valence-electron chi connectivity index (χ2n) is 5.36. The molecule has 0 amide bonds. The Labute approximate surface area is 148 Å². The number of nitrogens with one attached hydrogen (secondary N) is 1. The van der Waals surface area contributed by atoms with Crippen LogP contribution in [0.5, 0.6) is 0 Å². The van der Waals surface area contributed by atoms with Gasteiger partial charge in [0.15, 0.2) is 5.13 Å². The summed E-state index contributed by atoms with van der Waals surface area (Å²) < 4.78 is 0. The number of anilines is 2. The average Bonchev–Trinajstić information content (AvgIpc) is 2.92. The predicted octanol–water partition coefficient (Wildman–Crippen LogP) is 5.14. The van der Waals surface area contributed by atoms with Gasteiger partial charge in [0.05, 0.1) is 12.1 Å². The van der Waals surface area contributed by atoms with E-state index in [2.05, 4.69) is 10.3 Å². The van der Waals surface area contributed by atoms with E-state index in [0.717, 1.165) is 21.7 Å². The zero-order chi connectivity index (χ0) is 17.1. The van der Waals surface area contributed by atoms with Gasteiger partial charge in [-0.3, -0.25) is 4.79 Å². The highest BCUT2D eigenvalue weighted by Gasteiger charge is 2.16. The predicted molar refractivity (Wildman–Crippen MR) is 98.4 cm³/mol. The van der Waals surface area contributed by atoms with Crippen LogP contribution in [0.25, 0.3) is 11.3 Å². The molecule has 0 fully saturated rings. The maximum Gasteiger partial charge on any atom is 0.308 e. The number of rotatable bonds is 5. The Morgan fingerprint density at radius 2 is 1.83 bits per heavy atom. The molecule has 3 aromatic rings. The lowest BCUT2D eigenvalue weighted by Gasteiger charge is -2.02. The van der Waals surface area contributed by atoms with Crippen molar-refractivity contribution >= 4 is 39.7 Å². The van der Waals surface area contributed by atoms with Crippen LogP contribution in [0.1, 0.15) is 10.4 Å². The van der Waals surface area contributed by atoms with Gasteiger partial charge in [0, 0.05) is 21.2 Å². The van der Waals surface area contributed by atoms with E-state index < -0.39 is 5.97 Å². The third kappa shape index (κ3) is 3.93. The van der Waals surface area contributed by atoms with Crippen molar-refractivity contribution in [1.82, 2.24) is 4.98 Å². The number of hydrogen-bond donors (Lipinski definition) is 2. The van der Waals surface area contributed by atoms with E-state index in [9.17, 15) is 4.79 Å². The van der Waals surface area contributed by atoms with Crippen LogP contribution < -0.4 is 5.32 Å². The molecular formula is C18H15ClN2O2S. The summed E-state index contributed by atoms with van der Waals surface area (Å²) in [6.45, 7) is 2.01. The van der Waals surface area contributed by atoms with Crippen LogP contribution in [0.3, 0.4) is 0 Å². The fourth-order valence-corrected chi connectivity index (χ4v) is 3.38. The van der Waals surface area contributed by atoms with E-state index in [4.69, 9.17) is 16.7 Å². The molecule has 0 aliphatic carbocycles. The molecule has 1 aromatic heterocycles. The minimum Gasteiger partial charge on any atom is -0.481 e. The molecule has 3 rings (SSSR count). The smallest absolute Gasteiger partial charge is 0.308 e. The number of halogens is 1. The molecular weight excluding hydrogens is 344 g/mol. The zero-order valence-corrected chi connectivity index (χ0v) is 14.5. The Hall–Kier alpha value is -2.37. The molecule has 122 valence electrons. The third-order valence-corrected chi connectivity index (χ3v) is 4.65. The Balaban J connectivity index is 1.94. The Morgan fingerprint density at radius 3 is 2.46 bits per heavy atom. The molecule has 0 bridgehead atoms. The average molecular weight is 359 g/mol. The first-order valence-electron chi connectivity index (χ1n) is 7.32. The first-order valence-corrected chi connectivity index (χ1v) is 8.52. The Bertz CT molecular complexity index is 858. The molecule has 0 radical (unpaired) electrons. The maximum atomic E-state index is 11.2. The lowest BCUT2D eigenvalue weighted by Crippen LogP contribution is -1.99. The lowest BCUT2D eigenvalue weighted by molar-refractivity contribution is -0.136. The van der Waals surface area contributed by atoms with E-state index in [1.807, 2.05) is 43.3 Å². The van der Waals surface area contributed by atoms with Gasteiger partial charge in [0.2, 0.25) is 0 Å². The van der Waals surface area contributed by atoms with Crippen molar-refractivity contribution in [2.45, 2.75) is 13.3 Å². The lowest BCUT2D eigenvalue weighted by atomic mass is 10.1. The van der Waals surface area contributed by atoms with E-state index >= 15 is 0 Å². The van der Waals surface area contributed by atoms with Crippen LogP contribution in [-0.2, 0) is 11.2 Å². The van der Waals surface area contributed by atoms with Gasteiger partial charge in [-0.15, -0.1) is 11.3 Å². The van der Waals surface area contributed by atoms with Crippen LogP contribution in [0.4, 0.5) is 10.8 Å². The first-order chi connectivity index (χ1) is 11.5. The minimum absolute atomic E-state index is 0.0524. The summed E-state index contributed by atoms with van der Waals surface area (Å²) in [7, 11) is 0. The Morgan fingerprint density at radius 1 is 1.17 bits per heavy atom. The number of aromatic nitrogens is 1. The van der Waals surface area contributed by atoms with E-state index in [1.54, 1.807) is 12.1 Å². The van der Waals surface area contributed by atoms with Crippen molar-refractivity contribution in [3.63, 3.8) is 0 Å². The van der Waals surface area contributed by atoms with Crippen LogP contribution in [-0.4, -0.2) is 16.1 Å². The number of carboxylic acids is 1. The molecule has 0 spiro atoms. The van der Waals surface area contributed by atoms with Crippen molar-refractivity contribution in [3.8, 4) is 11.3 Å². The van der Waals surface area contributed by atoms with Gasteiger partial charge >= 0.3 is 5.97 Å². The highest BCUT2D eigenvalue weighted by Crippen LogP contribution is 2.33. The molecule has 1 heterocycles. The number of hydrogen-bond acceptors (Lipinski definition) is 4. The highest BCUT2D eigenvalue weighted by atomic mass is 35.5. The largest absolute Gasteiger partial charge is 0.481 e. The molecule has 2 aromatic carbocycles. The van der Waals surface area contributed by atoms with Crippen molar-refractivity contribution in [2.24, 2.45) is 0 Å². The molecule has 24 heavy (non-hydrogen) atoms. The molecule has 0 atom stereocenters. The summed E-state index contributed by atoms with van der Waals surface area (Å²) in [5, 5.41) is 13.7. The standard InChI is InChI=1S/C18H15ClN2O2S/c1-11-2-4-12(5-3-11)17-15(10-16(22)23)24-18(21-17)20-14-8-6-13(19)7-9-14/h2-9H,10H2,1H3,(H,20,21)(H,22,23). The monoisotopic (exact) mass is 358 g/mol. The van der Waals surface area contributed by atoms with Crippen LogP contribution in [0.2, 0.25) is 5.02 Å². The summed E-state index contributed by atoms with van der Waals surface area (Å²) in [4.78, 5) is 16.5. The van der Waals surface area contributed by atoms with Crippen molar-refractivity contribution < 1.29 is 9.90 Å². The van der Waals surface area contributed by atoms with Crippen LogP contribution in [0, 0.1) is 6.92 Å². The molecule has 4 nitrogen and oxygen atoms in total. The maximum absolute atomic E-state index is 11.2. The summed E-state index contributed by atoms with van der Waals surface area (Å²) >= 11 is 7.24. The van der Waals surface area contributed by atoms with Gasteiger partial charge in [-0.2, -0.15) is 0 Å². The summed E-state index contributed by atoms with van der Waals surface area (Å²) in [5.41, 5.74) is 3.62. The van der Waals surface area contributed by atoms with Gasteiger partial charge in [-0.05, 0) is 31.2 Å². The molecule has 6 heteroatoms. The SMILES string of the molecule is Cc1ccc(-c2nc(Nc3ccc(Cl)cc3)sc2CC(=O)O)cc1. The van der Waals surface area contributed by atoms with Crippen molar-refractivity contribution in [1.29, 1.82) is 0 Å². The molecule has 2 N–H and O–H groups in total. The van der Waals surface area contributed by atoms with Gasteiger partial charge in [0.1, 0.15) is 0 Å².